The maximum absolute atomic E-state index is 13.6. The zero-order valence-electron chi connectivity index (χ0n) is 10.3. The zero-order chi connectivity index (χ0) is 15.4. The van der Waals surface area contributed by atoms with Gasteiger partial charge in [-0.1, -0.05) is 0 Å². The van der Waals surface area contributed by atoms with E-state index < -0.39 is 53.3 Å². The Labute approximate surface area is 112 Å². The van der Waals surface area contributed by atoms with E-state index in [1.807, 2.05) is 0 Å². The largest absolute Gasteiger partial charge is 0.478 e. The molecule has 1 rings (SSSR count). The van der Waals surface area contributed by atoms with Crippen molar-refractivity contribution in [1.29, 1.82) is 0 Å². The number of aliphatic hydroxyl groups excluding tert-OH is 2. The summed E-state index contributed by atoms with van der Waals surface area (Å²) in [5.41, 5.74) is -1.55. The van der Waals surface area contributed by atoms with Gasteiger partial charge in [-0.3, -0.25) is 4.79 Å². The number of halogens is 2. The van der Waals surface area contributed by atoms with Crippen LogP contribution in [0.5, 0.6) is 0 Å². The lowest BCUT2D eigenvalue weighted by Crippen LogP contribution is -2.23. The average molecular weight is 290 g/mol. The molecule has 1 aromatic rings. The van der Waals surface area contributed by atoms with Crippen molar-refractivity contribution in [3.05, 3.63) is 34.9 Å². The molecule has 1 aromatic carbocycles. The molecular weight excluding hydrogens is 278 g/mol. The van der Waals surface area contributed by atoms with Gasteiger partial charge in [0.2, 0.25) is 0 Å². The van der Waals surface area contributed by atoms with E-state index in [0.29, 0.717) is 12.1 Å². The highest BCUT2D eigenvalue weighted by molar-refractivity contribution is 5.88. The molecule has 0 aromatic heterocycles. The molecule has 2 unspecified atom stereocenters. The van der Waals surface area contributed by atoms with Gasteiger partial charge in [0.15, 0.2) is 0 Å². The van der Waals surface area contributed by atoms with Crippen LogP contribution in [0.1, 0.15) is 28.4 Å². The molecule has 0 aliphatic heterocycles. The summed E-state index contributed by atoms with van der Waals surface area (Å²) in [5.74, 6) is -4.99. The Morgan fingerprint density at radius 3 is 2.35 bits per heavy atom. The summed E-state index contributed by atoms with van der Waals surface area (Å²) < 4.78 is 31.3. The second-order valence-electron chi connectivity index (χ2n) is 3.95. The molecule has 0 saturated carbocycles. The van der Waals surface area contributed by atoms with Crippen LogP contribution in [0.25, 0.3) is 0 Å². The van der Waals surface area contributed by atoms with E-state index in [9.17, 15) is 28.6 Å². The Balaban J connectivity index is 3.04. The number of carboxylic acid groups (broad SMARTS) is 1. The van der Waals surface area contributed by atoms with Crippen LogP contribution in [0.2, 0.25) is 0 Å². The van der Waals surface area contributed by atoms with E-state index >= 15 is 0 Å². The number of methoxy groups -OCH3 is 1. The highest BCUT2D eigenvalue weighted by Gasteiger charge is 2.26. The van der Waals surface area contributed by atoms with Crippen molar-refractivity contribution in [3.63, 3.8) is 0 Å². The summed E-state index contributed by atoms with van der Waals surface area (Å²) in [4.78, 5) is 21.5. The van der Waals surface area contributed by atoms with Gasteiger partial charge in [-0.05, 0) is 12.1 Å². The van der Waals surface area contributed by atoms with Gasteiger partial charge >= 0.3 is 11.9 Å². The maximum atomic E-state index is 13.6. The van der Waals surface area contributed by atoms with Gasteiger partial charge in [0.1, 0.15) is 17.7 Å². The molecule has 6 nitrogen and oxygen atoms in total. The Kier molecular flexibility index (Phi) is 5.12. The molecule has 0 fully saturated rings. The van der Waals surface area contributed by atoms with Crippen LogP contribution in [0, 0.1) is 11.6 Å². The molecule has 2 atom stereocenters. The third-order valence-electron chi connectivity index (χ3n) is 2.60. The minimum Gasteiger partial charge on any atom is -0.478 e. The molecule has 0 saturated heterocycles. The van der Waals surface area contributed by atoms with Crippen molar-refractivity contribution < 1.29 is 38.4 Å². The van der Waals surface area contributed by atoms with Crippen molar-refractivity contribution in [3.8, 4) is 0 Å². The first-order valence-electron chi connectivity index (χ1n) is 5.43. The molecule has 20 heavy (non-hydrogen) atoms. The van der Waals surface area contributed by atoms with E-state index in [2.05, 4.69) is 4.74 Å². The van der Waals surface area contributed by atoms with Gasteiger partial charge in [0.05, 0.1) is 25.2 Å². The average Bonchev–Trinajstić information content (AvgIpc) is 2.39. The molecular formula is C12H12F2O6. The Bertz CT molecular complexity index is 531. The smallest absolute Gasteiger partial charge is 0.338 e. The first-order chi connectivity index (χ1) is 9.27. The maximum Gasteiger partial charge on any atom is 0.338 e. The number of rotatable bonds is 5. The van der Waals surface area contributed by atoms with Crippen molar-refractivity contribution >= 4 is 11.9 Å². The van der Waals surface area contributed by atoms with E-state index in [-0.39, 0.29) is 0 Å². The lowest BCUT2D eigenvalue weighted by Gasteiger charge is -2.18. The highest BCUT2D eigenvalue weighted by Crippen LogP contribution is 2.25. The lowest BCUT2D eigenvalue weighted by atomic mass is 9.99. The Morgan fingerprint density at radius 2 is 1.85 bits per heavy atom. The summed E-state index contributed by atoms with van der Waals surface area (Å²) in [7, 11) is 1.06. The van der Waals surface area contributed by atoms with Gasteiger partial charge < -0.3 is 20.1 Å². The number of aliphatic hydroxyl groups is 2. The fourth-order valence-electron chi connectivity index (χ4n) is 1.53. The minimum absolute atomic E-state index is 0.390. The van der Waals surface area contributed by atoms with Gasteiger partial charge in [-0.25, -0.2) is 13.6 Å². The number of aromatic carboxylic acids is 1. The predicted molar refractivity (Wildman–Crippen MR) is 60.9 cm³/mol. The van der Waals surface area contributed by atoms with Gasteiger partial charge in [0.25, 0.3) is 0 Å². The van der Waals surface area contributed by atoms with Crippen LogP contribution in [0.15, 0.2) is 12.1 Å². The van der Waals surface area contributed by atoms with Crippen LogP contribution in [0.4, 0.5) is 8.78 Å². The third kappa shape index (κ3) is 3.49. The molecule has 0 spiro atoms. The lowest BCUT2D eigenvalue weighted by molar-refractivity contribution is -0.144. The van der Waals surface area contributed by atoms with Crippen molar-refractivity contribution in [2.24, 2.45) is 0 Å². The van der Waals surface area contributed by atoms with Gasteiger partial charge in [-0.15, -0.1) is 0 Å². The molecule has 0 heterocycles. The van der Waals surface area contributed by atoms with Gasteiger partial charge in [-0.2, -0.15) is 0 Å². The van der Waals surface area contributed by atoms with Crippen LogP contribution in [-0.4, -0.2) is 40.5 Å². The van der Waals surface area contributed by atoms with E-state index in [4.69, 9.17) is 5.11 Å². The highest BCUT2D eigenvalue weighted by atomic mass is 19.1. The summed E-state index contributed by atoms with van der Waals surface area (Å²) in [6.45, 7) is 0. The molecule has 0 amide bonds. The number of carbonyl (C=O) groups excluding carboxylic acids is 1. The third-order valence-corrected chi connectivity index (χ3v) is 2.60. The van der Waals surface area contributed by atoms with Gasteiger partial charge in [0, 0.05) is 5.56 Å². The van der Waals surface area contributed by atoms with Crippen molar-refractivity contribution in [2.75, 3.05) is 7.11 Å². The minimum atomic E-state index is -1.90. The number of hydrogen-bond donors (Lipinski definition) is 3. The van der Waals surface area contributed by atoms with Crippen molar-refractivity contribution in [1.82, 2.24) is 0 Å². The SMILES string of the molecule is COC(=O)CC(O)C(O)c1cc(F)c(C(=O)O)cc1F. The summed E-state index contributed by atoms with van der Waals surface area (Å²) in [5, 5.41) is 27.8. The quantitative estimate of drug-likeness (QED) is 0.687. The van der Waals surface area contributed by atoms with E-state index in [0.717, 1.165) is 7.11 Å². The monoisotopic (exact) mass is 290 g/mol. The topological polar surface area (TPSA) is 104 Å². The standard InChI is InChI=1S/C12H12F2O6/c1-20-10(16)4-9(15)11(17)5-2-8(14)6(12(18)19)3-7(5)13/h2-3,9,11,15,17H,4H2,1H3,(H,18,19). The number of esters is 1. The number of carboxylic acids is 1. The van der Waals surface area contributed by atoms with E-state index in [1.54, 1.807) is 0 Å². The number of carbonyl (C=O) groups is 2. The normalized spacial score (nSPS) is 13.7. The molecule has 0 aliphatic rings. The zero-order valence-corrected chi connectivity index (χ0v) is 10.3. The second kappa shape index (κ2) is 6.40. The second-order valence-corrected chi connectivity index (χ2v) is 3.95. The first kappa shape index (κ1) is 16.0. The molecule has 110 valence electrons. The number of benzene rings is 1. The number of hydrogen-bond acceptors (Lipinski definition) is 5. The fourth-order valence-corrected chi connectivity index (χ4v) is 1.53. The molecule has 8 heteroatoms. The fraction of sp³-hybridized carbons (Fsp3) is 0.333. The Hall–Kier alpha value is -2.06. The predicted octanol–water partition coefficient (Wildman–Crippen LogP) is 0.620. The van der Waals surface area contributed by atoms with E-state index in [1.165, 1.54) is 0 Å². The van der Waals surface area contributed by atoms with Crippen molar-refractivity contribution in [2.45, 2.75) is 18.6 Å². The molecule has 0 bridgehead atoms. The summed E-state index contributed by atoms with van der Waals surface area (Å²) in [6.07, 6.45) is -4.24. The van der Waals surface area contributed by atoms with Crippen LogP contribution >= 0.6 is 0 Å². The Morgan fingerprint density at radius 1 is 1.25 bits per heavy atom. The van der Waals surface area contributed by atoms with Crippen LogP contribution in [0.3, 0.4) is 0 Å². The van der Waals surface area contributed by atoms with Crippen LogP contribution in [-0.2, 0) is 9.53 Å². The van der Waals surface area contributed by atoms with Crippen LogP contribution < -0.4 is 0 Å². The molecule has 3 N–H and O–H groups in total. The summed E-state index contributed by atoms with van der Waals surface area (Å²) >= 11 is 0. The summed E-state index contributed by atoms with van der Waals surface area (Å²) in [6, 6.07) is 0.852. The molecule has 0 aliphatic carbocycles. The first-order valence-corrected chi connectivity index (χ1v) is 5.43. The molecule has 0 radical (unpaired) electrons. The number of ether oxygens (including phenoxy) is 1.